The lowest BCUT2D eigenvalue weighted by Gasteiger charge is -2.35. The van der Waals surface area contributed by atoms with Crippen LogP contribution in [0.2, 0.25) is 5.02 Å². The van der Waals surface area contributed by atoms with Crippen LogP contribution in [-0.2, 0) is 9.53 Å². The molecule has 0 unspecified atom stereocenters. The number of halogens is 1. The molecule has 6 nitrogen and oxygen atoms in total. The summed E-state index contributed by atoms with van der Waals surface area (Å²) in [6.45, 7) is 9.56. The molecule has 1 fully saturated rings. The quantitative estimate of drug-likeness (QED) is 0.819. The third-order valence-electron chi connectivity index (χ3n) is 4.19. The molecule has 0 spiro atoms. The van der Waals surface area contributed by atoms with Gasteiger partial charge in [0.1, 0.15) is 5.75 Å². The summed E-state index contributed by atoms with van der Waals surface area (Å²) in [6, 6.07) is 3.66. The van der Waals surface area contributed by atoms with Gasteiger partial charge in [-0.15, -0.1) is 0 Å². The van der Waals surface area contributed by atoms with E-state index in [-0.39, 0.29) is 12.0 Å². The molecule has 7 heteroatoms. The molecule has 1 aliphatic heterocycles. The summed E-state index contributed by atoms with van der Waals surface area (Å²) < 4.78 is 10.8. The average Bonchev–Trinajstić information content (AvgIpc) is 2.59. The van der Waals surface area contributed by atoms with Crippen LogP contribution in [0.1, 0.15) is 25.0 Å². The molecule has 1 saturated heterocycles. The number of carbonyl (C=O) groups excluding carboxylic acids is 2. The molecule has 138 valence electrons. The molecule has 1 atom stereocenters. The molecule has 0 bridgehead atoms. The van der Waals surface area contributed by atoms with Crippen LogP contribution in [0.4, 0.5) is 4.79 Å². The zero-order valence-corrected chi connectivity index (χ0v) is 15.9. The molecule has 0 radical (unpaired) electrons. The predicted octanol–water partition coefficient (Wildman–Crippen LogP) is 3.02. The zero-order valence-electron chi connectivity index (χ0n) is 15.2. The Morgan fingerprint density at radius 1 is 1.12 bits per heavy atom. The van der Waals surface area contributed by atoms with E-state index >= 15 is 0 Å². The first-order chi connectivity index (χ1) is 11.8. The summed E-state index contributed by atoms with van der Waals surface area (Å²) in [6.07, 6.45) is -0.930. The molecular weight excluding hydrogens is 344 g/mol. The van der Waals surface area contributed by atoms with Crippen LogP contribution in [0.15, 0.2) is 12.1 Å². The maximum absolute atomic E-state index is 12.6. The Bertz CT molecular complexity index is 619. The van der Waals surface area contributed by atoms with Gasteiger partial charge in [-0.3, -0.25) is 4.79 Å². The van der Waals surface area contributed by atoms with Gasteiger partial charge in [-0.25, -0.2) is 4.79 Å². The van der Waals surface area contributed by atoms with Crippen molar-refractivity contribution in [2.24, 2.45) is 0 Å². The molecule has 1 aromatic carbocycles. The average molecular weight is 369 g/mol. The normalized spacial score (nSPS) is 15.7. The van der Waals surface area contributed by atoms with Crippen molar-refractivity contribution in [3.63, 3.8) is 0 Å². The second kappa shape index (κ2) is 8.43. The van der Waals surface area contributed by atoms with Crippen molar-refractivity contribution in [3.8, 4) is 5.75 Å². The lowest BCUT2D eigenvalue weighted by molar-refractivity contribution is -0.139. The van der Waals surface area contributed by atoms with Crippen molar-refractivity contribution in [1.82, 2.24) is 9.80 Å². The minimum absolute atomic E-state index is 0.0891. The lowest BCUT2D eigenvalue weighted by atomic mass is 10.1. The minimum atomic E-state index is -0.603. The van der Waals surface area contributed by atoms with E-state index in [4.69, 9.17) is 21.1 Å². The zero-order chi connectivity index (χ0) is 18.6. The summed E-state index contributed by atoms with van der Waals surface area (Å²) >= 11 is 6.16. The van der Waals surface area contributed by atoms with Crippen molar-refractivity contribution in [1.29, 1.82) is 0 Å². The molecular formula is C18H25ClN2O4. The van der Waals surface area contributed by atoms with E-state index in [9.17, 15) is 9.59 Å². The number of rotatable bonds is 4. The maximum atomic E-state index is 12.6. The van der Waals surface area contributed by atoms with Gasteiger partial charge < -0.3 is 19.3 Å². The van der Waals surface area contributed by atoms with E-state index in [1.165, 1.54) is 0 Å². The predicted molar refractivity (Wildman–Crippen MR) is 96.2 cm³/mol. The second-order valence-corrected chi connectivity index (χ2v) is 6.52. The van der Waals surface area contributed by atoms with Gasteiger partial charge in [0.15, 0.2) is 6.10 Å². The molecule has 0 N–H and O–H groups in total. The van der Waals surface area contributed by atoms with Crippen LogP contribution in [-0.4, -0.2) is 60.7 Å². The molecule has 0 saturated carbocycles. The standard InChI is InChI=1S/C18H25ClN2O4/c1-5-24-18(23)21-8-6-20(7-9-21)17(22)14(4)25-15-10-12(2)16(19)13(3)11-15/h10-11,14H,5-9H2,1-4H3/t14-/m0/s1. The van der Waals surface area contributed by atoms with Crippen LogP contribution in [0.5, 0.6) is 5.75 Å². The van der Waals surface area contributed by atoms with Gasteiger partial charge in [0.05, 0.1) is 6.61 Å². The molecule has 25 heavy (non-hydrogen) atoms. The Kier molecular flexibility index (Phi) is 6.53. The number of benzene rings is 1. The number of hydrogen-bond acceptors (Lipinski definition) is 4. The van der Waals surface area contributed by atoms with E-state index in [1.54, 1.807) is 23.6 Å². The fraction of sp³-hybridized carbons (Fsp3) is 0.556. The molecule has 2 amide bonds. The lowest BCUT2D eigenvalue weighted by Crippen LogP contribution is -2.53. The molecule has 0 aliphatic carbocycles. The fourth-order valence-electron chi connectivity index (χ4n) is 2.81. The van der Waals surface area contributed by atoms with Gasteiger partial charge in [0.25, 0.3) is 5.91 Å². The topological polar surface area (TPSA) is 59.1 Å². The highest BCUT2D eigenvalue weighted by Gasteiger charge is 2.28. The monoisotopic (exact) mass is 368 g/mol. The third kappa shape index (κ3) is 4.78. The van der Waals surface area contributed by atoms with Crippen molar-refractivity contribution in [3.05, 3.63) is 28.3 Å². The maximum Gasteiger partial charge on any atom is 0.409 e. The van der Waals surface area contributed by atoms with Gasteiger partial charge in [0.2, 0.25) is 0 Å². The van der Waals surface area contributed by atoms with E-state index in [0.717, 1.165) is 11.1 Å². The van der Waals surface area contributed by atoms with E-state index in [1.807, 2.05) is 26.0 Å². The van der Waals surface area contributed by atoms with Gasteiger partial charge in [-0.2, -0.15) is 0 Å². The summed E-state index contributed by atoms with van der Waals surface area (Å²) in [7, 11) is 0. The van der Waals surface area contributed by atoms with Gasteiger partial charge in [0, 0.05) is 31.2 Å². The van der Waals surface area contributed by atoms with E-state index < -0.39 is 6.10 Å². The second-order valence-electron chi connectivity index (χ2n) is 6.14. The SMILES string of the molecule is CCOC(=O)N1CCN(C(=O)[C@H](C)Oc2cc(C)c(Cl)c(C)c2)CC1. The van der Waals surface area contributed by atoms with Crippen molar-refractivity contribution >= 4 is 23.6 Å². The fourth-order valence-corrected chi connectivity index (χ4v) is 2.92. The Labute approximate surface area is 153 Å². The summed E-state index contributed by atoms with van der Waals surface area (Å²) in [5, 5.41) is 0.710. The molecule has 2 rings (SSSR count). The first-order valence-electron chi connectivity index (χ1n) is 8.47. The highest BCUT2D eigenvalue weighted by atomic mass is 35.5. The van der Waals surface area contributed by atoms with Crippen molar-refractivity contribution < 1.29 is 19.1 Å². The van der Waals surface area contributed by atoms with Crippen molar-refractivity contribution in [2.75, 3.05) is 32.8 Å². The number of amides is 2. The van der Waals surface area contributed by atoms with Crippen molar-refractivity contribution in [2.45, 2.75) is 33.8 Å². The number of piperazine rings is 1. The van der Waals surface area contributed by atoms with Crippen LogP contribution < -0.4 is 4.74 Å². The largest absolute Gasteiger partial charge is 0.481 e. The van der Waals surface area contributed by atoms with Crippen LogP contribution >= 0.6 is 11.6 Å². The first kappa shape index (κ1) is 19.4. The third-order valence-corrected chi connectivity index (χ3v) is 4.78. The first-order valence-corrected chi connectivity index (χ1v) is 8.85. The molecule has 0 aromatic heterocycles. The van der Waals surface area contributed by atoms with Gasteiger partial charge in [-0.1, -0.05) is 11.6 Å². The Morgan fingerprint density at radius 2 is 1.64 bits per heavy atom. The van der Waals surface area contributed by atoms with Crippen LogP contribution in [0.3, 0.4) is 0 Å². The number of ether oxygens (including phenoxy) is 2. The summed E-state index contributed by atoms with van der Waals surface area (Å²) in [5.74, 6) is 0.541. The number of carbonyl (C=O) groups is 2. The number of aryl methyl sites for hydroxylation is 2. The van der Waals surface area contributed by atoms with E-state index in [2.05, 4.69) is 0 Å². The van der Waals surface area contributed by atoms with Crippen LogP contribution in [0, 0.1) is 13.8 Å². The van der Waals surface area contributed by atoms with Crippen LogP contribution in [0.25, 0.3) is 0 Å². The highest BCUT2D eigenvalue weighted by Crippen LogP contribution is 2.26. The van der Waals surface area contributed by atoms with Gasteiger partial charge >= 0.3 is 6.09 Å². The smallest absolute Gasteiger partial charge is 0.409 e. The summed E-state index contributed by atoms with van der Waals surface area (Å²) in [4.78, 5) is 27.6. The minimum Gasteiger partial charge on any atom is -0.481 e. The Balaban J connectivity index is 1.92. The molecule has 1 aliphatic rings. The van der Waals surface area contributed by atoms with Gasteiger partial charge in [-0.05, 0) is 51.0 Å². The Morgan fingerprint density at radius 3 is 2.16 bits per heavy atom. The number of hydrogen-bond donors (Lipinski definition) is 0. The highest BCUT2D eigenvalue weighted by molar-refractivity contribution is 6.32. The number of nitrogens with zero attached hydrogens (tertiary/aromatic N) is 2. The van der Waals surface area contributed by atoms with E-state index in [0.29, 0.717) is 43.6 Å². The molecule has 1 aromatic rings. The Hall–Kier alpha value is -1.95. The summed E-state index contributed by atoms with van der Waals surface area (Å²) in [5.41, 5.74) is 1.83. The molecule has 1 heterocycles.